The molecule has 1 aromatic carbocycles. The van der Waals surface area contributed by atoms with Crippen LogP contribution in [0.5, 0.6) is 0 Å². The molecule has 2 heteroatoms. The first-order chi connectivity index (χ1) is 8.81. The molecule has 18 heavy (non-hydrogen) atoms. The summed E-state index contributed by atoms with van der Waals surface area (Å²) >= 11 is 0. The average molecular weight is 244 g/mol. The molecule has 2 aliphatic rings. The summed E-state index contributed by atoms with van der Waals surface area (Å²) in [5.41, 5.74) is 6.58. The lowest BCUT2D eigenvalue weighted by atomic mass is 9.78. The number of carbonyl (C=O) groups is 1. The van der Waals surface area contributed by atoms with Crippen LogP contribution in [-0.2, 0) is 30.4 Å². The molecule has 0 heterocycles. The van der Waals surface area contributed by atoms with Crippen LogP contribution in [0.1, 0.15) is 58.3 Å². The van der Waals surface area contributed by atoms with E-state index >= 15 is 0 Å². The van der Waals surface area contributed by atoms with Crippen LogP contribution < -0.4 is 0 Å². The van der Waals surface area contributed by atoms with Gasteiger partial charge < -0.3 is 4.74 Å². The second kappa shape index (κ2) is 4.75. The van der Waals surface area contributed by atoms with E-state index in [9.17, 15) is 4.79 Å². The first-order valence-corrected chi connectivity index (χ1v) is 7.06. The number of fused-ring (bicyclic) bond motifs is 3. The van der Waals surface area contributed by atoms with Crippen molar-refractivity contribution in [3.8, 4) is 0 Å². The van der Waals surface area contributed by atoms with E-state index in [4.69, 9.17) is 4.74 Å². The van der Waals surface area contributed by atoms with E-state index in [2.05, 4.69) is 6.07 Å². The highest BCUT2D eigenvalue weighted by atomic mass is 16.5. The Balaban J connectivity index is 2.18. The number of esters is 1. The number of benzene rings is 1. The zero-order valence-electron chi connectivity index (χ0n) is 11.1. The first kappa shape index (κ1) is 11.8. The Hall–Kier alpha value is -1.31. The quantitative estimate of drug-likeness (QED) is 0.709. The van der Waals surface area contributed by atoms with Crippen molar-refractivity contribution in [2.45, 2.75) is 51.4 Å². The predicted molar refractivity (Wildman–Crippen MR) is 71.1 cm³/mol. The van der Waals surface area contributed by atoms with Crippen LogP contribution in [0.3, 0.4) is 0 Å². The number of aryl methyl sites for hydroxylation is 1. The van der Waals surface area contributed by atoms with Gasteiger partial charge >= 0.3 is 5.97 Å². The Morgan fingerprint density at radius 1 is 0.944 bits per heavy atom. The molecule has 0 amide bonds. The SMILES string of the molecule is COC(=O)c1cc2c(c3c1CCCC3)CCCC2. The zero-order valence-corrected chi connectivity index (χ0v) is 11.1. The van der Waals surface area contributed by atoms with E-state index in [1.54, 1.807) is 5.56 Å². The monoisotopic (exact) mass is 244 g/mol. The molecule has 1 aromatic rings. The molecule has 0 aromatic heterocycles. The fraction of sp³-hybridized carbons (Fsp3) is 0.562. The molecule has 0 unspecified atom stereocenters. The Kier molecular flexibility index (Phi) is 3.11. The van der Waals surface area contributed by atoms with E-state index in [0.29, 0.717) is 0 Å². The molecule has 0 spiro atoms. The molecule has 2 nitrogen and oxygen atoms in total. The lowest BCUT2D eigenvalue weighted by Gasteiger charge is -2.27. The lowest BCUT2D eigenvalue weighted by Crippen LogP contribution is -2.18. The van der Waals surface area contributed by atoms with Gasteiger partial charge in [0.05, 0.1) is 12.7 Å². The molecule has 0 fully saturated rings. The van der Waals surface area contributed by atoms with Gasteiger partial charge in [0, 0.05) is 0 Å². The minimum Gasteiger partial charge on any atom is -0.465 e. The number of hydrogen-bond donors (Lipinski definition) is 0. The molecule has 0 bridgehead atoms. The minimum absolute atomic E-state index is 0.151. The van der Waals surface area contributed by atoms with Crippen molar-refractivity contribution >= 4 is 5.97 Å². The second-order valence-electron chi connectivity index (χ2n) is 5.42. The largest absolute Gasteiger partial charge is 0.465 e. The van der Waals surface area contributed by atoms with Crippen molar-refractivity contribution in [3.63, 3.8) is 0 Å². The van der Waals surface area contributed by atoms with E-state index in [1.807, 2.05) is 0 Å². The van der Waals surface area contributed by atoms with Gasteiger partial charge in [0.25, 0.3) is 0 Å². The molecule has 0 radical (unpaired) electrons. The normalized spacial score (nSPS) is 17.8. The van der Waals surface area contributed by atoms with Gasteiger partial charge in [-0.15, -0.1) is 0 Å². The Bertz CT molecular complexity index is 488. The summed E-state index contributed by atoms with van der Waals surface area (Å²) in [6.07, 6.45) is 9.57. The van der Waals surface area contributed by atoms with Gasteiger partial charge in [-0.3, -0.25) is 0 Å². The fourth-order valence-electron chi connectivity index (χ4n) is 3.52. The van der Waals surface area contributed by atoms with E-state index in [0.717, 1.165) is 24.8 Å². The van der Waals surface area contributed by atoms with E-state index < -0.39 is 0 Å². The van der Waals surface area contributed by atoms with Crippen molar-refractivity contribution in [2.24, 2.45) is 0 Å². The highest BCUT2D eigenvalue weighted by Gasteiger charge is 2.24. The maximum absolute atomic E-state index is 11.9. The van der Waals surface area contributed by atoms with Crippen LogP contribution in [0, 0.1) is 0 Å². The van der Waals surface area contributed by atoms with Crippen molar-refractivity contribution in [2.75, 3.05) is 7.11 Å². The third-order valence-corrected chi connectivity index (χ3v) is 4.39. The van der Waals surface area contributed by atoms with Crippen molar-refractivity contribution in [3.05, 3.63) is 33.9 Å². The van der Waals surface area contributed by atoms with Gasteiger partial charge in [0.1, 0.15) is 0 Å². The summed E-state index contributed by atoms with van der Waals surface area (Å²) in [7, 11) is 1.48. The summed E-state index contributed by atoms with van der Waals surface area (Å²) in [6, 6.07) is 2.12. The Labute approximate surface area is 108 Å². The fourth-order valence-corrected chi connectivity index (χ4v) is 3.52. The second-order valence-corrected chi connectivity index (χ2v) is 5.42. The van der Waals surface area contributed by atoms with Gasteiger partial charge in [-0.25, -0.2) is 4.79 Å². The van der Waals surface area contributed by atoms with Crippen molar-refractivity contribution < 1.29 is 9.53 Å². The molecule has 0 atom stereocenters. The third kappa shape index (κ3) is 1.84. The van der Waals surface area contributed by atoms with Crippen molar-refractivity contribution in [1.82, 2.24) is 0 Å². The smallest absolute Gasteiger partial charge is 0.338 e. The molecular weight excluding hydrogens is 224 g/mol. The summed E-state index contributed by atoms with van der Waals surface area (Å²) < 4.78 is 4.95. The molecule has 0 N–H and O–H groups in total. The average Bonchev–Trinajstić information content (AvgIpc) is 2.45. The van der Waals surface area contributed by atoms with Gasteiger partial charge in [-0.2, -0.15) is 0 Å². The highest BCUT2D eigenvalue weighted by Crippen LogP contribution is 2.34. The number of hydrogen-bond acceptors (Lipinski definition) is 2. The zero-order chi connectivity index (χ0) is 12.5. The van der Waals surface area contributed by atoms with Gasteiger partial charge in [-0.05, 0) is 79.7 Å². The van der Waals surface area contributed by atoms with Gasteiger partial charge in [0.15, 0.2) is 0 Å². The molecule has 2 aliphatic carbocycles. The topological polar surface area (TPSA) is 26.3 Å². The molecular formula is C16H20O2. The molecule has 0 saturated heterocycles. The summed E-state index contributed by atoms with van der Waals surface area (Å²) in [5.74, 6) is -0.151. The van der Waals surface area contributed by atoms with Crippen LogP contribution in [-0.4, -0.2) is 13.1 Å². The van der Waals surface area contributed by atoms with Gasteiger partial charge in [0.2, 0.25) is 0 Å². The summed E-state index contributed by atoms with van der Waals surface area (Å²) in [6.45, 7) is 0. The highest BCUT2D eigenvalue weighted by molar-refractivity contribution is 5.92. The summed E-state index contributed by atoms with van der Waals surface area (Å²) in [4.78, 5) is 11.9. The maximum Gasteiger partial charge on any atom is 0.338 e. The van der Waals surface area contributed by atoms with Crippen LogP contribution in [0.4, 0.5) is 0 Å². The van der Waals surface area contributed by atoms with E-state index in [1.165, 1.54) is 55.9 Å². The van der Waals surface area contributed by atoms with Crippen LogP contribution in [0.2, 0.25) is 0 Å². The molecule has 96 valence electrons. The molecule has 0 saturated carbocycles. The lowest BCUT2D eigenvalue weighted by molar-refractivity contribution is 0.0599. The van der Waals surface area contributed by atoms with Gasteiger partial charge in [-0.1, -0.05) is 0 Å². The van der Waals surface area contributed by atoms with E-state index in [-0.39, 0.29) is 5.97 Å². The Morgan fingerprint density at radius 2 is 1.56 bits per heavy atom. The van der Waals surface area contributed by atoms with Crippen LogP contribution >= 0.6 is 0 Å². The summed E-state index contributed by atoms with van der Waals surface area (Å²) in [5, 5.41) is 0. The third-order valence-electron chi connectivity index (χ3n) is 4.39. The number of rotatable bonds is 1. The molecule has 3 rings (SSSR count). The first-order valence-electron chi connectivity index (χ1n) is 7.06. The Morgan fingerprint density at radius 3 is 2.28 bits per heavy atom. The van der Waals surface area contributed by atoms with Crippen LogP contribution in [0.15, 0.2) is 6.07 Å². The number of carbonyl (C=O) groups excluding carboxylic acids is 1. The number of methoxy groups -OCH3 is 1. The van der Waals surface area contributed by atoms with Crippen molar-refractivity contribution in [1.29, 1.82) is 0 Å². The standard InChI is InChI=1S/C16H20O2/c1-18-16(17)15-10-11-6-2-3-7-12(11)13-8-4-5-9-14(13)15/h10H,2-9H2,1H3. The minimum atomic E-state index is -0.151. The predicted octanol–water partition coefficient (Wildman–Crippen LogP) is 3.23. The number of ether oxygens (including phenoxy) is 1. The molecule has 0 aliphatic heterocycles. The maximum atomic E-state index is 11.9. The van der Waals surface area contributed by atoms with Crippen LogP contribution in [0.25, 0.3) is 0 Å².